The average molecular weight is 1280 g/mol. The standard InChI is InChI=1S/C25H26I6N6O7/c1-7(43-9(3)38)5-34-23(40)11-13(26)19(32)17(30)21(15(11)28)36-25(42)37-22-16(29)12(14(27)20(33)18(22)31)24(41)35-6-8(2)44-10(4)39/h7-8H,5-6,32-33H2,1-4H3,(H,34,40)(H,35,41)(H2,36,37,42). The SMILES string of the molecule is CC(=O)OC(C)CNC(=O)c1c(I)c(N)c(I)c(NC(=O)Nc2c(I)c(N)c(I)c(C(=O)NCC(C)OC(C)=O)c2I)c1I. The van der Waals surface area contributed by atoms with Crippen LogP contribution in [0.5, 0.6) is 0 Å². The molecule has 0 aliphatic carbocycles. The van der Waals surface area contributed by atoms with E-state index in [1.54, 1.807) is 13.8 Å². The number of nitrogen functional groups attached to an aromatic ring is 2. The van der Waals surface area contributed by atoms with Crippen LogP contribution in [0.4, 0.5) is 27.5 Å². The van der Waals surface area contributed by atoms with Crippen molar-refractivity contribution in [2.24, 2.45) is 0 Å². The Morgan fingerprint density at radius 3 is 1.23 bits per heavy atom. The molecule has 0 aromatic heterocycles. The van der Waals surface area contributed by atoms with Crippen LogP contribution in [0.3, 0.4) is 0 Å². The van der Waals surface area contributed by atoms with Gasteiger partial charge in [0.05, 0.1) is 68.4 Å². The Kier molecular flexibility index (Phi) is 15.9. The molecule has 0 fully saturated rings. The number of hydrogen-bond acceptors (Lipinski definition) is 9. The third-order valence-corrected chi connectivity index (χ3v) is 12.1. The molecule has 0 radical (unpaired) electrons. The number of hydrogen-bond donors (Lipinski definition) is 6. The fourth-order valence-corrected chi connectivity index (χ4v) is 11.4. The van der Waals surface area contributed by atoms with Gasteiger partial charge in [-0.15, -0.1) is 0 Å². The summed E-state index contributed by atoms with van der Waals surface area (Å²) in [6.07, 6.45) is -1.10. The van der Waals surface area contributed by atoms with Crippen LogP contribution in [0.25, 0.3) is 0 Å². The van der Waals surface area contributed by atoms with E-state index < -0.39 is 42.0 Å². The number of rotatable bonds is 10. The summed E-state index contributed by atoms with van der Waals surface area (Å²) < 4.78 is 13.0. The maximum Gasteiger partial charge on any atom is 0.323 e. The molecule has 0 bridgehead atoms. The zero-order chi connectivity index (χ0) is 33.6. The minimum absolute atomic E-state index is 0.0728. The maximum atomic E-state index is 13.4. The van der Waals surface area contributed by atoms with Crippen molar-refractivity contribution in [2.45, 2.75) is 39.9 Å². The second-order valence-electron chi connectivity index (χ2n) is 9.05. The van der Waals surface area contributed by atoms with E-state index >= 15 is 0 Å². The van der Waals surface area contributed by atoms with Gasteiger partial charge in [-0.25, -0.2) is 4.79 Å². The first kappa shape index (κ1) is 39.7. The van der Waals surface area contributed by atoms with E-state index in [1.807, 2.05) is 136 Å². The Bertz CT molecular complexity index is 1410. The van der Waals surface area contributed by atoms with Crippen LogP contribution in [-0.2, 0) is 19.1 Å². The van der Waals surface area contributed by atoms with Crippen molar-refractivity contribution in [3.63, 3.8) is 0 Å². The van der Waals surface area contributed by atoms with Gasteiger partial charge in [-0.2, -0.15) is 0 Å². The molecule has 0 saturated carbocycles. The van der Waals surface area contributed by atoms with E-state index in [9.17, 15) is 24.0 Å². The zero-order valence-electron chi connectivity index (χ0n) is 23.3. The van der Waals surface area contributed by atoms with Crippen molar-refractivity contribution in [1.29, 1.82) is 0 Å². The van der Waals surface area contributed by atoms with Crippen molar-refractivity contribution < 1.29 is 33.4 Å². The van der Waals surface area contributed by atoms with Gasteiger partial charge >= 0.3 is 18.0 Å². The van der Waals surface area contributed by atoms with Crippen LogP contribution < -0.4 is 32.7 Å². The van der Waals surface area contributed by atoms with Gasteiger partial charge in [0.15, 0.2) is 0 Å². The molecule has 2 aromatic carbocycles. The minimum atomic E-state index is -0.664. The Balaban J connectivity index is 2.39. The lowest BCUT2D eigenvalue weighted by molar-refractivity contribution is -0.146. The molecule has 13 nitrogen and oxygen atoms in total. The van der Waals surface area contributed by atoms with Gasteiger partial charge in [-0.3, -0.25) is 19.2 Å². The van der Waals surface area contributed by atoms with Gasteiger partial charge in [0, 0.05) is 13.8 Å². The quantitative estimate of drug-likeness (QED) is 0.101. The number of nitrogens with one attached hydrogen (secondary N) is 4. The molecule has 2 rings (SSSR count). The molecular weight excluding hydrogens is 1260 g/mol. The van der Waals surface area contributed by atoms with E-state index in [0.717, 1.165) is 0 Å². The normalized spacial score (nSPS) is 12.0. The summed E-state index contributed by atoms with van der Waals surface area (Å²) in [5.41, 5.74) is 14.3. The van der Waals surface area contributed by atoms with Gasteiger partial charge in [0.1, 0.15) is 12.2 Å². The first-order valence-corrected chi connectivity index (χ1v) is 18.8. The molecule has 8 N–H and O–H groups in total. The van der Waals surface area contributed by atoms with Crippen molar-refractivity contribution in [1.82, 2.24) is 10.6 Å². The number of esters is 2. The van der Waals surface area contributed by atoms with Gasteiger partial charge in [0.2, 0.25) is 0 Å². The molecule has 0 saturated heterocycles. The predicted molar refractivity (Wildman–Crippen MR) is 218 cm³/mol. The highest BCUT2D eigenvalue weighted by Crippen LogP contribution is 2.39. The number of ether oxygens (including phenoxy) is 2. The fraction of sp³-hybridized carbons (Fsp3) is 0.320. The maximum absolute atomic E-state index is 13.4. The molecule has 4 amide bonds. The van der Waals surface area contributed by atoms with Crippen LogP contribution in [0.1, 0.15) is 48.4 Å². The van der Waals surface area contributed by atoms with Crippen LogP contribution in [0.2, 0.25) is 0 Å². The number of benzene rings is 2. The first-order chi connectivity index (χ1) is 20.4. The Morgan fingerprint density at radius 2 is 0.932 bits per heavy atom. The van der Waals surface area contributed by atoms with E-state index in [1.165, 1.54) is 13.8 Å². The third-order valence-electron chi connectivity index (χ3n) is 5.47. The van der Waals surface area contributed by atoms with Crippen LogP contribution >= 0.6 is 136 Å². The summed E-state index contributed by atoms with van der Waals surface area (Å²) in [6.45, 7) is 6.01. The summed E-state index contributed by atoms with van der Waals surface area (Å²) in [4.78, 5) is 62.1. The lowest BCUT2D eigenvalue weighted by atomic mass is 10.1. The summed E-state index contributed by atoms with van der Waals surface area (Å²) in [7, 11) is 0. The molecule has 240 valence electrons. The fourth-order valence-electron chi connectivity index (χ4n) is 3.54. The molecule has 0 heterocycles. The van der Waals surface area contributed by atoms with Gasteiger partial charge in [0.25, 0.3) is 11.8 Å². The minimum Gasteiger partial charge on any atom is -0.461 e. The van der Waals surface area contributed by atoms with Gasteiger partial charge in [-0.05, 0) is 149 Å². The van der Waals surface area contributed by atoms with Gasteiger partial charge < -0.3 is 42.2 Å². The highest BCUT2D eigenvalue weighted by Gasteiger charge is 2.27. The molecule has 0 aliphatic rings. The molecular formula is C25H26I6N6O7. The number of halogens is 6. The number of anilines is 4. The molecule has 2 atom stereocenters. The summed E-state index contributed by atoms with van der Waals surface area (Å²) in [5.74, 6) is -1.85. The second-order valence-corrected chi connectivity index (χ2v) is 15.5. The number of carbonyl (C=O) groups excluding carboxylic acids is 5. The first-order valence-electron chi connectivity index (χ1n) is 12.3. The summed E-state index contributed by atoms with van der Waals surface area (Å²) in [5, 5.41) is 11.0. The van der Waals surface area contributed by atoms with E-state index in [0.29, 0.717) is 44.2 Å². The predicted octanol–water partition coefficient (Wildman–Crippen LogP) is 5.49. The topological polar surface area (TPSA) is 204 Å². The molecule has 19 heteroatoms. The van der Waals surface area contributed by atoms with Crippen LogP contribution in [0, 0.1) is 21.4 Å². The highest BCUT2D eigenvalue weighted by molar-refractivity contribution is 14.1. The zero-order valence-corrected chi connectivity index (χ0v) is 36.3. The number of amides is 4. The summed E-state index contributed by atoms with van der Waals surface area (Å²) in [6, 6.07) is -0.664. The average Bonchev–Trinajstić information content (AvgIpc) is 2.92. The molecule has 2 unspecified atom stereocenters. The molecule has 2 aromatic rings. The van der Waals surface area contributed by atoms with Gasteiger partial charge in [-0.1, -0.05) is 0 Å². The molecule has 44 heavy (non-hydrogen) atoms. The Hall–Kier alpha value is -0.430. The highest BCUT2D eigenvalue weighted by atomic mass is 127. The summed E-state index contributed by atoms with van der Waals surface area (Å²) >= 11 is 11.8. The Labute approximate surface area is 335 Å². The number of nitrogens with two attached hydrogens (primary N) is 2. The van der Waals surface area contributed by atoms with Crippen molar-refractivity contribution in [3.05, 3.63) is 32.5 Å². The lowest BCUT2D eigenvalue weighted by Gasteiger charge is -2.21. The van der Waals surface area contributed by atoms with Crippen molar-refractivity contribution >= 4 is 188 Å². The second kappa shape index (κ2) is 17.6. The lowest BCUT2D eigenvalue weighted by Crippen LogP contribution is -2.34. The monoisotopic (exact) mass is 1280 g/mol. The smallest absolute Gasteiger partial charge is 0.323 e. The molecule has 0 spiro atoms. The Morgan fingerprint density at radius 1 is 0.614 bits per heavy atom. The number of urea groups is 1. The molecule has 0 aliphatic heterocycles. The van der Waals surface area contributed by atoms with Crippen molar-refractivity contribution in [2.75, 3.05) is 35.2 Å². The van der Waals surface area contributed by atoms with E-state index in [2.05, 4.69) is 21.3 Å². The van der Waals surface area contributed by atoms with E-state index in [4.69, 9.17) is 20.9 Å². The number of carbonyl (C=O) groups is 5. The van der Waals surface area contributed by atoms with Crippen LogP contribution in [-0.4, -0.2) is 55.1 Å². The van der Waals surface area contributed by atoms with E-state index in [-0.39, 0.29) is 24.2 Å². The van der Waals surface area contributed by atoms with Crippen LogP contribution in [0.15, 0.2) is 0 Å². The third kappa shape index (κ3) is 10.3. The largest absolute Gasteiger partial charge is 0.461 e. The van der Waals surface area contributed by atoms with Crippen molar-refractivity contribution in [3.8, 4) is 0 Å².